The molecule has 2 nitrogen and oxygen atoms in total. The van der Waals surface area contributed by atoms with E-state index >= 15 is 0 Å². The van der Waals surface area contributed by atoms with Crippen LogP contribution in [0.25, 0.3) is 6.08 Å². The maximum atomic E-state index is 4.96. The van der Waals surface area contributed by atoms with E-state index in [1.165, 1.54) is 5.56 Å². The van der Waals surface area contributed by atoms with Crippen molar-refractivity contribution in [2.24, 2.45) is 0 Å². The van der Waals surface area contributed by atoms with Gasteiger partial charge in [-0.2, -0.15) is 0 Å². The second-order valence-corrected chi connectivity index (χ2v) is 3.49. The Morgan fingerprint density at radius 3 is 1.50 bits per heavy atom. The van der Waals surface area contributed by atoms with Gasteiger partial charge in [-0.05, 0) is 29.8 Å². The van der Waals surface area contributed by atoms with Crippen LogP contribution in [-0.4, -0.2) is 14.2 Å². The van der Waals surface area contributed by atoms with Gasteiger partial charge in [0.2, 0.25) is 0 Å². The summed E-state index contributed by atoms with van der Waals surface area (Å²) in [5, 5.41) is 0. The molecule has 0 aromatic heterocycles. The van der Waals surface area contributed by atoms with Gasteiger partial charge in [-0.3, -0.25) is 0 Å². The number of rotatable bonds is 3. The predicted octanol–water partition coefficient (Wildman–Crippen LogP) is 4.03. The van der Waals surface area contributed by atoms with Gasteiger partial charge in [-0.25, -0.2) is 0 Å². The van der Waals surface area contributed by atoms with E-state index in [0.29, 0.717) is 0 Å². The molecule has 0 aliphatic carbocycles. The van der Waals surface area contributed by atoms with E-state index in [0.717, 1.165) is 11.5 Å². The number of ether oxygens (including phenoxy) is 2. The lowest BCUT2D eigenvalue weighted by atomic mass is 10.2. The molecule has 18 heavy (non-hydrogen) atoms. The minimum Gasteiger partial charge on any atom is -0.497 e. The van der Waals surface area contributed by atoms with Gasteiger partial charge in [0.25, 0.3) is 0 Å². The molecule has 0 saturated heterocycles. The highest BCUT2D eigenvalue weighted by atomic mass is 16.5. The molecule has 94 valence electrons. The summed E-state index contributed by atoms with van der Waals surface area (Å²) < 4.78 is 9.92. The maximum Gasteiger partial charge on any atom is 0.119 e. The molecule has 0 unspecified atom stereocenters. The third-order valence-electron chi connectivity index (χ3n) is 2.33. The third kappa shape index (κ3) is 4.74. The van der Waals surface area contributed by atoms with Crippen LogP contribution in [0.5, 0.6) is 11.5 Å². The van der Waals surface area contributed by atoms with Gasteiger partial charge >= 0.3 is 0 Å². The number of hydrogen-bond acceptors (Lipinski definition) is 2. The Morgan fingerprint density at radius 1 is 0.778 bits per heavy atom. The van der Waals surface area contributed by atoms with Crippen molar-refractivity contribution < 1.29 is 9.47 Å². The van der Waals surface area contributed by atoms with Crippen molar-refractivity contribution in [3.05, 3.63) is 66.7 Å². The molecule has 0 radical (unpaired) electrons. The van der Waals surface area contributed by atoms with Gasteiger partial charge < -0.3 is 9.47 Å². The lowest BCUT2D eigenvalue weighted by Gasteiger charge is -2.00. The highest BCUT2D eigenvalue weighted by Crippen LogP contribution is 2.15. The lowest BCUT2D eigenvalue weighted by molar-refractivity contribution is 0.403. The molecule has 2 aromatic carbocycles. The average Bonchev–Trinajstić information content (AvgIpc) is 2.49. The van der Waals surface area contributed by atoms with E-state index in [1.807, 2.05) is 60.7 Å². The number of hydrogen-bond donors (Lipinski definition) is 0. The maximum absolute atomic E-state index is 4.96. The van der Waals surface area contributed by atoms with Crippen molar-refractivity contribution in [2.75, 3.05) is 14.2 Å². The van der Waals surface area contributed by atoms with Crippen LogP contribution in [-0.2, 0) is 0 Å². The summed E-state index contributed by atoms with van der Waals surface area (Å²) in [7, 11) is 3.28. The number of benzene rings is 2. The van der Waals surface area contributed by atoms with E-state index in [-0.39, 0.29) is 0 Å². The fraction of sp³-hybridized carbons (Fsp3) is 0.125. The molecule has 2 aromatic rings. The average molecular weight is 242 g/mol. The van der Waals surface area contributed by atoms with E-state index in [1.54, 1.807) is 14.2 Å². The summed E-state index contributed by atoms with van der Waals surface area (Å²) in [5.41, 5.74) is 1.17. The second-order valence-electron chi connectivity index (χ2n) is 3.49. The van der Waals surface area contributed by atoms with E-state index in [4.69, 9.17) is 9.47 Å². The molecule has 0 aliphatic heterocycles. The first kappa shape index (κ1) is 13.8. The van der Waals surface area contributed by atoms with Gasteiger partial charge in [0.05, 0.1) is 14.2 Å². The van der Waals surface area contributed by atoms with Gasteiger partial charge in [-0.1, -0.05) is 43.0 Å². The van der Waals surface area contributed by atoms with Crippen molar-refractivity contribution in [1.29, 1.82) is 0 Å². The standard InChI is InChI=1S/C8H10O2.C8H8/c1-9-7-3-5-8(10-2)6-4-7;1-2-8-6-4-3-5-7-8/h3-6H,1-2H3;2-7H,1H2. The molecule has 0 fully saturated rings. The largest absolute Gasteiger partial charge is 0.497 e. The highest BCUT2D eigenvalue weighted by molar-refractivity contribution is 5.45. The minimum absolute atomic E-state index is 0.848. The molecule has 0 heterocycles. The van der Waals surface area contributed by atoms with E-state index in [2.05, 4.69) is 6.58 Å². The predicted molar refractivity (Wildman–Crippen MR) is 76.1 cm³/mol. The molecule has 0 spiro atoms. The Bertz CT molecular complexity index is 423. The molecule has 0 bridgehead atoms. The van der Waals surface area contributed by atoms with Crippen LogP contribution in [0, 0.1) is 0 Å². The summed E-state index contributed by atoms with van der Waals surface area (Å²) in [6, 6.07) is 17.5. The van der Waals surface area contributed by atoms with Crippen LogP contribution in [0.15, 0.2) is 61.2 Å². The molecular weight excluding hydrogens is 224 g/mol. The van der Waals surface area contributed by atoms with Crippen LogP contribution < -0.4 is 9.47 Å². The summed E-state index contributed by atoms with van der Waals surface area (Å²) in [5.74, 6) is 1.70. The van der Waals surface area contributed by atoms with Crippen molar-refractivity contribution >= 4 is 6.08 Å². The van der Waals surface area contributed by atoms with Crippen molar-refractivity contribution in [3.63, 3.8) is 0 Å². The first-order chi connectivity index (χ1) is 8.80. The SMILES string of the molecule is C=Cc1ccccc1.COc1ccc(OC)cc1. The molecular formula is C16H18O2. The molecule has 0 aliphatic rings. The van der Waals surface area contributed by atoms with Crippen molar-refractivity contribution in [1.82, 2.24) is 0 Å². The molecule has 0 atom stereocenters. The van der Waals surface area contributed by atoms with Crippen LogP contribution in [0.2, 0.25) is 0 Å². The Balaban J connectivity index is 0.000000184. The zero-order chi connectivity index (χ0) is 13.2. The molecule has 0 amide bonds. The fourth-order valence-corrected chi connectivity index (χ4v) is 1.30. The first-order valence-corrected chi connectivity index (χ1v) is 5.65. The van der Waals surface area contributed by atoms with Crippen LogP contribution >= 0.6 is 0 Å². The fourth-order valence-electron chi connectivity index (χ4n) is 1.30. The smallest absolute Gasteiger partial charge is 0.119 e. The lowest BCUT2D eigenvalue weighted by Crippen LogP contribution is -1.83. The summed E-state index contributed by atoms with van der Waals surface area (Å²) in [6.07, 6.45) is 1.83. The van der Waals surface area contributed by atoms with E-state index in [9.17, 15) is 0 Å². The second kappa shape index (κ2) is 7.96. The highest BCUT2D eigenvalue weighted by Gasteiger charge is 1.89. The summed E-state index contributed by atoms with van der Waals surface area (Å²) in [6.45, 7) is 3.63. The molecule has 0 N–H and O–H groups in total. The molecule has 2 rings (SSSR count). The Morgan fingerprint density at radius 2 is 1.22 bits per heavy atom. The molecule has 0 saturated carbocycles. The van der Waals surface area contributed by atoms with Crippen LogP contribution in [0.4, 0.5) is 0 Å². The zero-order valence-corrected chi connectivity index (χ0v) is 10.8. The Labute approximate surface area is 108 Å². The number of methoxy groups -OCH3 is 2. The monoisotopic (exact) mass is 242 g/mol. The van der Waals surface area contributed by atoms with Crippen LogP contribution in [0.1, 0.15) is 5.56 Å². The Kier molecular flexibility index (Phi) is 6.12. The van der Waals surface area contributed by atoms with Crippen molar-refractivity contribution in [2.45, 2.75) is 0 Å². The zero-order valence-electron chi connectivity index (χ0n) is 10.8. The van der Waals surface area contributed by atoms with Crippen LogP contribution in [0.3, 0.4) is 0 Å². The minimum atomic E-state index is 0.848. The normalized spacial score (nSPS) is 8.78. The Hall–Kier alpha value is -2.22. The van der Waals surface area contributed by atoms with Gasteiger partial charge in [0, 0.05) is 0 Å². The van der Waals surface area contributed by atoms with Gasteiger partial charge in [0.15, 0.2) is 0 Å². The van der Waals surface area contributed by atoms with Gasteiger partial charge in [0.1, 0.15) is 11.5 Å². The molecule has 2 heteroatoms. The third-order valence-corrected chi connectivity index (χ3v) is 2.33. The summed E-state index contributed by atoms with van der Waals surface area (Å²) >= 11 is 0. The topological polar surface area (TPSA) is 18.5 Å². The van der Waals surface area contributed by atoms with Gasteiger partial charge in [-0.15, -0.1) is 0 Å². The van der Waals surface area contributed by atoms with E-state index < -0.39 is 0 Å². The first-order valence-electron chi connectivity index (χ1n) is 5.65. The summed E-state index contributed by atoms with van der Waals surface area (Å²) in [4.78, 5) is 0. The quantitative estimate of drug-likeness (QED) is 0.809. The van der Waals surface area contributed by atoms with Crippen molar-refractivity contribution in [3.8, 4) is 11.5 Å².